The van der Waals surface area contributed by atoms with E-state index >= 15 is 0 Å². The third-order valence-electron chi connectivity index (χ3n) is 2.32. The van der Waals surface area contributed by atoms with Crippen molar-refractivity contribution >= 4 is 11.6 Å². The highest BCUT2D eigenvalue weighted by Gasteiger charge is 2.05. The molecule has 14 heavy (non-hydrogen) atoms. The molecule has 1 rings (SSSR count). The Morgan fingerprint density at radius 2 is 2.29 bits per heavy atom. The van der Waals surface area contributed by atoms with Crippen LogP contribution in [0.25, 0.3) is 0 Å². The fourth-order valence-corrected chi connectivity index (χ4v) is 1.86. The van der Waals surface area contributed by atoms with Crippen LogP contribution >= 0.6 is 11.6 Å². The van der Waals surface area contributed by atoms with Crippen LogP contribution in [0.5, 0.6) is 0 Å². The Kier molecular flexibility index (Phi) is 4.94. The summed E-state index contributed by atoms with van der Waals surface area (Å²) >= 11 is 6.12. The Hall–Kier alpha value is -0.570. The van der Waals surface area contributed by atoms with Gasteiger partial charge < -0.3 is 0 Å². The molecule has 4 heteroatoms. The van der Waals surface area contributed by atoms with E-state index in [1.807, 2.05) is 11.7 Å². The highest BCUT2D eigenvalue weighted by molar-refractivity contribution is 6.20. The van der Waals surface area contributed by atoms with Crippen molar-refractivity contribution in [3.63, 3.8) is 0 Å². The Balaban J connectivity index is 2.19. The molecule has 0 bridgehead atoms. The number of hydrogen-bond donors (Lipinski definition) is 0. The molecule has 3 nitrogen and oxygen atoms in total. The summed E-state index contributed by atoms with van der Waals surface area (Å²) in [5, 5.41) is 4.35. The van der Waals surface area contributed by atoms with E-state index < -0.39 is 0 Å². The second kappa shape index (κ2) is 6.02. The number of rotatable bonds is 6. The molecular weight excluding hydrogens is 198 g/mol. The van der Waals surface area contributed by atoms with Gasteiger partial charge in [-0.3, -0.25) is 4.68 Å². The molecule has 0 aliphatic heterocycles. The first kappa shape index (κ1) is 11.5. The lowest BCUT2D eigenvalue weighted by Crippen LogP contribution is -2.03. The van der Waals surface area contributed by atoms with E-state index in [-0.39, 0.29) is 0 Å². The molecule has 0 aromatic carbocycles. The average molecular weight is 216 g/mol. The summed E-state index contributed by atoms with van der Waals surface area (Å²) in [5.74, 6) is 1.05. The molecule has 1 atom stereocenters. The first-order valence-electron chi connectivity index (χ1n) is 5.21. The zero-order chi connectivity index (χ0) is 10.4. The van der Waals surface area contributed by atoms with Crippen LogP contribution in [0, 0.1) is 0 Å². The normalized spacial score (nSPS) is 13.1. The number of hydrogen-bond acceptors (Lipinski definition) is 2. The lowest BCUT2D eigenvalue weighted by atomic mass is 10.1. The second-order valence-corrected chi connectivity index (χ2v) is 4.20. The Morgan fingerprint density at radius 3 is 2.86 bits per heavy atom. The van der Waals surface area contributed by atoms with E-state index in [0.29, 0.717) is 5.38 Å². The Bertz CT molecular complexity index is 260. The van der Waals surface area contributed by atoms with Crippen LogP contribution < -0.4 is 0 Å². The summed E-state index contributed by atoms with van der Waals surface area (Å²) in [6, 6.07) is 0. The van der Waals surface area contributed by atoms with Crippen LogP contribution in [0.3, 0.4) is 0 Å². The molecule has 0 aliphatic rings. The molecule has 80 valence electrons. The van der Waals surface area contributed by atoms with Crippen molar-refractivity contribution in [2.75, 3.05) is 0 Å². The molecule has 0 spiro atoms. The van der Waals surface area contributed by atoms with Gasteiger partial charge >= 0.3 is 0 Å². The van der Waals surface area contributed by atoms with Gasteiger partial charge in [-0.1, -0.05) is 13.3 Å². The van der Waals surface area contributed by atoms with Gasteiger partial charge in [0, 0.05) is 18.8 Å². The fourth-order valence-electron chi connectivity index (χ4n) is 1.49. The lowest BCUT2D eigenvalue weighted by Gasteiger charge is -2.06. The number of halogens is 1. The van der Waals surface area contributed by atoms with Gasteiger partial charge in [0.15, 0.2) is 0 Å². The summed E-state index contributed by atoms with van der Waals surface area (Å²) in [6.45, 7) is 2.16. The second-order valence-electron chi connectivity index (χ2n) is 3.58. The molecule has 0 aliphatic carbocycles. The Labute approximate surface area is 90.5 Å². The standard InChI is InChI=1S/C10H18ClN3/c1-3-5-9(11)6-4-7-10-12-8-13-14(10)2/h8-9H,3-7H2,1-2H3. The van der Waals surface area contributed by atoms with E-state index in [1.165, 1.54) is 0 Å². The molecule has 1 unspecified atom stereocenters. The highest BCUT2D eigenvalue weighted by atomic mass is 35.5. The van der Waals surface area contributed by atoms with Crippen molar-refractivity contribution in [1.29, 1.82) is 0 Å². The third kappa shape index (κ3) is 3.66. The van der Waals surface area contributed by atoms with Crippen molar-refractivity contribution in [3.05, 3.63) is 12.2 Å². The largest absolute Gasteiger partial charge is 0.253 e. The molecule has 1 heterocycles. The van der Waals surface area contributed by atoms with Gasteiger partial charge in [0.25, 0.3) is 0 Å². The van der Waals surface area contributed by atoms with E-state index in [9.17, 15) is 0 Å². The van der Waals surface area contributed by atoms with Crippen LogP contribution in [0.4, 0.5) is 0 Å². The first-order chi connectivity index (χ1) is 6.74. The molecule has 0 amide bonds. The number of aromatic nitrogens is 3. The fraction of sp³-hybridized carbons (Fsp3) is 0.800. The van der Waals surface area contributed by atoms with Crippen LogP contribution in [-0.4, -0.2) is 20.1 Å². The van der Waals surface area contributed by atoms with Crippen molar-refractivity contribution < 1.29 is 0 Å². The number of alkyl halides is 1. The number of aryl methyl sites for hydroxylation is 2. The van der Waals surface area contributed by atoms with E-state index in [4.69, 9.17) is 11.6 Å². The summed E-state index contributed by atoms with van der Waals surface area (Å²) < 4.78 is 1.82. The zero-order valence-electron chi connectivity index (χ0n) is 8.91. The molecule has 0 radical (unpaired) electrons. The van der Waals surface area contributed by atoms with E-state index in [0.717, 1.165) is 37.9 Å². The summed E-state index contributed by atoms with van der Waals surface area (Å²) in [4.78, 5) is 4.17. The van der Waals surface area contributed by atoms with E-state index in [2.05, 4.69) is 17.0 Å². The van der Waals surface area contributed by atoms with Gasteiger partial charge in [0.2, 0.25) is 0 Å². The molecule has 1 aromatic rings. The third-order valence-corrected chi connectivity index (χ3v) is 2.76. The maximum Gasteiger partial charge on any atom is 0.138 e. The number of nitrogens with zero attached hydrogens (tertiary/aromatic N) is 3. The SMILES string of the molecule is CCCC(Cl)CCCc1ncnn1C. The van der Waals surface area contributed by atoms with Crippen molar-refractivity contribution in [2.24, 2.45) is 7.05 Å². The average Bonchev–Trinajstić information content (AvgIpc) is 2.52. The van der Waals surface area contributed by atoms with Crippen LogP contribution in [0.1, 0.15) is 38.4 Å². The molecule has 0 saturated carbocycles. The lowest BCUT2D eigenvalue weighted by molar-refractivity contribution is 0.609. The summed E-state index contributed by atoms with van der Waals surface area (Å²) in [5.41, 5.74) is 0. The minimum absolute atomic E-state index is 0.327. The van der Waals surface area contributed by atoms with Gasteiger partial charge in [-0.05, 0) is 19.3 Å². The van der Waals surface area contributed by atoms with Crippen molar-refractivity contribution in [2.45, 2.75) is 44.4 Å². The predicted molar refractivity (Wildman–Crippen MR) is 58.5 cm³/mol. The quantitative estimate of drug-likeness (QED) is 0.683. The van der Waals surface area contributed by atoms with Crippen LogP contribution in [-0.2, 0) is 13.5 Å². The maximum absolute atomic E-state index is 6.12. The molecule has 0 saturated heterocycles. The van der Waals surface area contributed by atoms with Gasteiger partial charge in [-0.25, -0.2) is 4.98 Å². The topological polar surface area (TPSA) is 30.7 Å². The van der Waals surface area contributed by atoms with Gasteiger partial charge in [0.05, 0.1) is 0 Å². The maximum atomic E-state index is 6.12. The summed E-state index contributed by atoms with van der Waals surface area (Å²) in [6.07, 6.45) is 7.02. The first-order valence-corrected chi connectivity index (χ1v) is 5.64. The molecule has 0 fully saturated rings. The van der Waals surface area contributed by atoms with Gasteiger partial charge in [-0.2, -0.15) is 5.10 Å². The highest BCUT2D eigenvalue weighted by Crippen LogP contribution is 2.13. The monoisotopic (exact) mass is 215 g/mol. The smallest absolute Gasteiger partial charge is 0.138 e. The van der Waals surface area contributed by atoms with Gasteiger partial charge in [-0.15, -0.1) is 11.6 Å². The summed E-state index contributed by atoms with van der Waals surface area (Å²) in [7, 11) is 1.92. The minimum atomic E-state index is 0.327. The van der Waals surface area contributed by atoms with Crippen molar-refractivity contribution in [1.82, 2.24) is 14.8 Å². The zero-order valence-corrected chi connectivity index (χ0v) is 9.67. The van der Waals surface area contributed by atoms with Crippen molar-refractivity contribution in [3.8, 4) is 0 Å². The van der Waals surface area contributed by atoms with Crippen LogP contribution in [0.2, 0.25) is 0 Å². The molecule has 0 N–H and O–H groups in total. The molecule has 1 aromatic heterocycles. The molecular formula is C10H18ClN3. The Morgan fingerprint density at radius 1 is 1.50 bits per heavy atom. The predicted octanol–water partition coefficient (Wildman–Crippen LogP) is 2.55. The van der Waals surface area contributed by atoms with Gasteiger partial charge in [0.1, 0.15) is 12.2 Å². The van der Waals surface area contributed by atoms with E-state index in [1.54, 1.807) is 6.33 Å². The minimum Gasteiger partial charge on any atom is -0.253 e. The van der Waals surface area contributed by atoms with Crippen LogP contribution in [0.15, 0.2) is 6.33 Å².